The zero-order valence-electron chi connectivity index (χ0n) is 18.9. The van der Waals surface area contributed by atoms with Gasteiger partial charge in [-0.2, -0.15) is 0 Å². The Bertz CT molecular complexity index is 989. The second kappa shape index (κ2) is 9.22. The second-order valence-corrected chi connectivity index (χ2v) is 10.1. The topological polar surface area (TPSA) is 48.0 Å². The number of aromatic nitrogens is 1. The smallest absolute Gasteiger partial charge is 0.251 e. The molecule has 2 heterocycles. The van der Waals surface area contributed by atoms with Crippen molar-refractivity contribution in [2.75, 3.05) is 0 Å². The summed E-state index contributed by atoms with van der Waals surface area (Å²) >= 11 is 1.78. The molecule has 1 amide bonds. The van der Waals surface area contributed by atoms with E-state index < -0.39 is 0 Å². The molecule has 0 saturated carbocycles. The van der Waals surface area contributed by atoms with E-state index in [1.807, 2.05) is 6.92 Å². The van der Waals surface area contributed by atoms with Crippen molar-refractivity contribution in [2.45, 2.75) is 72.3 Å². The number of aryl methyl sites for hydroxylation is 1. The number of hydrogen-bond acceptors (Lipinski definition) is 2. The summed E-state index contributed by atoms with van der Waals surface area (Å²) in [4.78, 5) is 13.9. The normalized spacial score (nSPS) is 11.8. The maximum atomic E-state index is 12.5. The highest BCUT2D eigenvalue weighted by Gasteiger charge is 2.25. The lowest BCUT2D eigenvalue weighted by atomic mass is 9.86. The van der Waals surface area contributed by atoms with Crippen molar-refractivity contribution in [3.8, 4) is 11.1 Å². The molecule has 3 aromatic rings. The number of carbonyl (C=O) groups is 1. The molecule has 1 aromatic carbocycles. The molecular weight excluding hydrogens is 388 g/mol. The number of thiophene rings is 1. The van der Waals surface area contributed by atoms with E-state index in [-0.39, 0.29) is 11.3 Å². The van der Waals surface area contributed by atoms with E-state index in [4.69, 9.17) is 5.73 Å². The van der Waals surface area contributed by atoms with Crippen molar-refractivity contribution in [3.63, 3.8) is 0 Å². The molecule has 0 saturated heterocycles. The maximum Gasteiger partial charge on any atom is 0.251 e. The lowest BCUT2D eigenvalue weighted by molar-refractivity contribution is 0.1000. The number of primary amides is 1. The predicted molar refractivity (Wildman–Crippen MR) is 128 cm³/mol. The van der Waals surface area contributed by atoms with Crippen LogP contribution in [0.3, 0.4) is 0 Å². The minimum absolute atomic E-state index is 0.0959. The number of hydrogen-bond donors (Lipinski definition) is 1. The first-order valence-corrected chi connectivity index (χ1v) is 11.8. The molecule has 160 valence electrons. The van der Waals surface area contributed by atoms with Gasteiger partial charge in [0.2, 0.25) is 0 Å². The van der Waals surface area contributed by atoms with E-state index in [1.165, 1.54) is 16.1 Å². The number of nitrogens with zero attached hydrogens (tertiary/aromatic N) is 1. The van der Waals surface area contributed by atoms with Gasteiger partial charge in [0.05, 0.1) is 5.56 Å². The summed E-state index contributed by atoms with van der Waals surface area (Å²) in [6.07, 6.45) is 4.12. The van der Waals surface area contributed by atoms with Gasteiger partial charge in [0, 0.05) is 28.4 Å². The fraction of sp³-hybridized carbons (Fsp3) is 0.423. The fourth-order valence-electron chi connectivity index (χ4n) is 4.13. The van der Waals surface area contributed by atoms with E-state index in [0.29, 0.717) is 5.56 Å². The van der Waals surface area contributed by atoms with Crippen LogP contribution in [0.15, 0.2) is 41.8 Å². The van der Waals surface area contributed by atoms with Gasteiger partial charge in [-0.05, 0) is 54.2 Å². The van der Waals surface area contributed by atoms with E-state index in [1.54, 1.807) is 11.3 Å². The van der Waals surface area contributed by atoms with E-state index in [2.05, 4.69) is 74.0 Å². The molecule has 0 fully saturated rings. The van der Waals surface area contributed by atoms with Gasteiger partial charge in [-0.3, -0.25) is 4.79 Å². The second-order valence-electron chi connectivity index (χ2n) is 9.06. The van der Waals surface area contributed by atoms with Crippen LogP contribution in [-0.4, -0.2) is 10.5 Å². The third-order valence-electron chi connectivity index (χ3n) is 5.85. The predicted octanol–water partition coefficient (Wildman–Crippen LogP) is 6.51. The Morgan fingerprint density at radius 3 is 2.33 bits per heavy atom. The number of carbonyl (C=O) groups excluding carboxylic acids is 1. The average Bonchev–Trinajstić information content (AvgIpc) is 3.30. The van der Waals surface area contributed by atoms with Crippen molar-refractivity contribution >= 4 is 17.2 Å². The van der Waals surface area contributed by atoms with Crippen molar-refractivity contribution in [2.24, 2.45) is 5.73 Å². The highest BCUT2D eigenvalue weighted by Crippen LogP contribution is 2.35. The lowest BCUT2D eigenvalue weighted by Crippen LogP contribution is -2.14. The van der Waals surface area contributed by atoms with E-state index in [0.717, 1.165) is 49.0 Å². The number of amides is 1. The first kappa shape index (κ1) is 22.4. The summed E-state index contributed by atoms with van der Waals surface area (Å²) in [6, 6.07) is 12.9. The van der Waals surface area contributed by atoms with Crippen molar-refractivity contribution < 1.29 is 4.79 Å². The molecule has 0 aliphatic rings. The van der Waals surface area contributed by atoms with Gasteiger partial charge >= 0.3 is 0 Å². The molecule has 30 heavy (non-hydrogen) atoms. The Kier molecular flexibility index (Phi) is 6.87. The Morgan fingerprint density at radius 1 is 1.10 bits per heavy atom. The summed E-state index contributed by atoms with van der Waals surface area (Å²) < 4.78 is 2.34. The van der Waals surface area contributed by atoms with Gasteiger partial charge in [-0.25, -0.2) is 0 Å². The standard InChI is InChI=1S/C26H34N2OS/c1-6-7-10-22-24(19-11-13-20(14-12-19)26(3,4)5)23(25(27)29)18(2)28(22)16-15-21-9-8-17-30-21/h8-9,11-14,17H,6-7,10,15-16H2,1-5H3,(H2,27,29). The number of nitrogens with two attached hydrogens (primary N) is 1. The third-order valence-corrected chi connectivity index (χ3v) is 6.78. The Labute approximate surface area is 184 Å². The van der Waals surface area contributed by atoms with Gasteiger partial charge < -0.3 is 10.3 Å². The highest BCUT2D eigenvalue weighted by atomic mass is 32.1. The summed E-state index contributed by atoms with van der Waals surface area (Å²) in [5.41, 5.74) is 12.3. The van der Waals surface area contributed by atoms with Crippen molar-refractivity contribution in [3.05, 3.63) is 69.2 Å². The van der Waals surface area contributed by atoms with Crippen LogP contribution in [-0.2, 0) is 24.8 Å². The first-order valence-electron chi connectivity index (χ1n) is 10.9. The zero-order valence-corrected chi connectivity index (χ0v) is 19.7. The quantitative estimate of drug-likeness (QED) is 0.442. The molecule has 0 bridgehead atoms. The van der Waals surface area contributed by atoms with Gasteiger partial charge in [-0.1, -0.05) is 64.4 Å². The fourth-order valence-corrected chi connectivity index (χ4v) is 4.83. The van der Waals surface area contributed by atoms with Crippen LogP contribution >= 0.6 is 11.3 Å². The van der Waals surface area contributed by atoms with E-state index >= 15 is 0 Å². The molecule has 0 aliphatic carbocycles. The van der Waals surface area contributed by atoms with Gasteiger partial charge in [0.1, 0.15) is 0 Å². The van der Waals surface area contributed by atoms with Crippen molar-refractivity contribution in [1.29, 1.82) is 0 Å². The minimum Gasteiger partial charge on any atom is -0.366 e. The highest BCUT2D eigenvalue weighted by molar-refractivity contribution is 7.09. The number of benzene rings is 1. The van der Waals surface area contributed by atoms with Gasteiger partial charge in [0.25, 0.3) is 5.91 Å². The third kappa shape index (κ3) is 4.70. The number of rotatable bonds is 8. The zero-order chi connectivity index (χ0) is 21.9. The molecule has 2 aromatic heterocycles. The molecular formula is C26H34N2OS. The molecule has 0 spiro atoms. The van der Waals surface area contributed by atoms with Crippen LogP contribution in [0.5, 0.6) is 0 Å². The summed E-state index contributed by atoms with van der Waals surface area (Å²) in [5.74, 6) is -0.338. The SMILES string of the molecule is CCCCc1c(-c2ccc(C(C)(C)C)cc2)c(C(N)=O)c(C)n1CCc1cccs1. The summed E-state index contributed by atoms with van der Waals surface area (Å²) in [7, 11) is 0. The summed E-state index contributed by atoms with van der Waals surface area (Å²) in [6.45, 7) is 11.8. The molecule has 0 atom stereocenters. The monoisotopic (exact) mass is 422 g/mol. The maximum absolute atomic E-state index is 12.5. The summed E-state index contributed by atoms with van der Waals surface area (Å²) in [5, 5.41) is 2.12. The Balaban J connectivity index is 2.11. The van der Waals surface area contributed by atoms with Crippen LogP contribution in [0.2, 0.25) is 0 Å². The molecule has 3 rings (SSSR count). The van der Waals surface area contributed by atoms with Crippen LogP contribution in [0, 0.1) is 6.92 Å². The molecule has 2 N–H and O–H groups in total. The van der Waals surface area contributed by atoms with Crippen molar-refractivity contribution in [1.82, 2.24) is 4.57 Å². The Hall–Kier alpha value is -2.33. The van der Waals surface area contributed by atoms with Gasteiger partial charge in [-0.15, -0.1) is 11.3 Å². The molecule has 0 unspecified atom stereocenters. The van der Waals surface area contributed by atoms with Crippen LogP contribution in [0.1, 0.15) is 72.7 Å². The molecule has 4 heteroatoms. The molecule has 3 nitrogen and oxygen atoms in total. The van der Waals surface area contributed by atoms with Crippen LogP contribution in [0.4, 0.5) is 0 Å². The Morgan fingerprint density at radius 2 is 1.80 bits per heavy atom. The largest absolute Gasteiger partial charge is 0.366 e. The minimum atomic E-state index is -0.338. The lowest BCUT2D eigenvalue weighted by Gasteiger charge is -2.19. The molecule has 0 radical (unpaired) electrons. The number of unbranched alkanes of at least 4 members (excludes halogenated alkanes) is 1. The molecule has 0 aliphatic heterocycles. The van der Waals surface area contributed by atoms with Crippen LogP contribution in [0.25, 0.3) is 11.1 Å². The van der Waals surface area contributed by atoms with Gasteiger partial charge in [0.15, 0.2) is 0 Å². The first-order chi connectivity index (χ1) is 14.2. The van der Waals surface area contributed by atoms with Crippen LogP contribution < -0.4 is 5.73 Å². The van der Waals surface area contributed by atoms with E-state index in [9.17, 15) is 4.79 Å². The average molecular weight is 423 g/mol.